The van der Waals surface area contributed by atoms with Crippen LogP contribution in [0.2, 0.25) is 0 Å². The van der Waals surface area contributed by atoms with Crippen molar-refractivity contribution in [2.24, 2.45) is 0 Å². The van der Waals surface area contributed by atoms with Crippen LogP contribution in [-0.4, -0.2) is 36.0 Å². The van der Waals surface area contributed by atoms with Gasteiger partial charge >= 0.3 is 0 Å². The van der Waals surface area contributed by atoms with E-state index in [0.717, 1.165) is 0 Å². The third-order valence-electron chi connectivity index (χ3n) is 1.72. The highest BCUT2D eigenvalue weighted by atomic mass is 16.2. The van der Waals surface area contributed by atoms with Crippen LogP contribution in [0.4, 0.5) is 5.95 Å². The molecule has 5 nitrogen and oxygen atoms in total. The number of nitrogens with one attached hydrogen (secondary N) is 1. The molecule has 0 bridgehead atoms. The Balaban J connectivity index is 2.45. The Kier molecular flexibility index (Phi) is 4.28. The van der Waals surface area contributed by atoms with Crippen molar-refractivity contribution in [1.29, 1.82) is 0 Å². The zero-order chi connectivity index (χ0) is 11.1. The molecular formula is C10H14N4O. The number of nitrogens with zero attached hydrogens (tertiary/aromatic N) is 3. The molecule has 1 aromatic rings. The fraction of sp³-hybridized carbons (Fsp3) is 0.300. The van der Waals surface area contributed by atoms with E-state index in [4.69, 9.17) is 0 Å². The van der Waals surface area contributed by atoms with Crippen LogP contribution < -0.4 is 10.2 Å². The first-order valence-electron chi connectivity index (χ1n) is 4.60. The van der Waals surface area contributed by atoms with Gasteiger partial charge < -0.3 is 10.2 Å². The highest BCUT2D eigenvalue weighted by Crippen LogP contribution is 2.00. The molecule has 0 radical (unpaired) electrons. The van der Waals surface area contributed by atoms with E-state index in [9.17, 15) is 4.79 Å². The molecule has 1 amide bonds. The van der Waals surface area contributed by atoms with Crippen LogP contribution >= 0.6 is 0 Å². The second-order valence-electron chi connectivity index (χ2n) is 3.00. The van der Waals surface area contributed by atoms with Crippen LogP contribution in [0, 0.1) is 0 Å². The molecule has 0 spiro atoms. The topological polar surface area (TPSA) is 58.1 Å². The van der Waals surface area contributed by atoms with E-state index >= 15 is 0 Å². The van der Waals surface area contributed by atoms with Crippen LogP contribution in [0.3, 0.4) is 0 Å². The van der Waals surface area contributed by atoms with E-state index in [-0.39, 0.29) is 12.5 Å². The Morgan fingerprint density at radius 3 is 2.87 bits per heavy atom. The molecule has 80 valence electrons. The summed E-state index contributed by atoms with van der Waals surface area (Å²) in [5.41, 5.74) is 0. The molecule has 0 aromatic carbocycles. The fourth-order valence-electron chi connectivity index (χ4n) is 1.02. The smallest absolute Gasteiger partial charge is 0.239 e. The van der Waals surface area contributed by atoms with Crippen molar-refractivity contribution in [3.8, 4) is 0 Å². The molecule has 0 aliphatic carbocycles. The van der Waals surface area contributed by atoms with Gasteiger partial charge in [0.15, 0.2) is 0 Å². The van der Waals surface area contributed by atoms with Crippen molar-refractivity contribution in [2.75, 3.05) is 25.0 Å². The predicted molar refractivity (Wildman–Crippen MR) is 58.5 cm³/mol. The van der Waals surface area contributed by atoms with E-state index in [1.54, 1.807) is 36.5 Å². The summed E-state index contributed by atoms with van der Waals surface area (Å²) in [6.07, 6.45) is 4.91. The second-order valence-corrected chi connectivity index (χ2v) is 3.00. The number of anilines is 1. The van der Waals surface area contributed by atoms with Gasteiger partial charge in [0.25, 0.3) is 0 Å². The summed E-state index contributed by atoms with van der Waals surface area (Å²) in [5.74, 6) is 0.455. The van der Waals surface area contributed by atoms with E-state index < -0.39 is 0 Å². The van der Waals surface area contributed by atoms with Gasteiger partial charge in [-0.25, -0.2) is 9.97 Å². The monoisotopic (exact) mass is 206 g/mol. The standard InChI is InChI=1S/C10H14N4O/c1-3-5-11-9(15)8-14(2)10-12-6-4-7-13-10/h3-4,6-7H,1,5,8H2,2H3,(H,11,15). The van der Waals surface area contributed by atoms with Crippen molar-refractivity contribution in [1.82, 2.24) is 15.3 Å². The minimum atomic E-state index is -0.0788. The molecule has 1 rings (SSSR count). The van der Waals surface area contributed by atoms with Gasteiger partial charge in [-0.2, -0.15) is 0 Å². The molecule has 1 N–H and O–H groups in total. The maximum absolute atomic E-state index is 11.3. The first-order valence-corrected chi connectivity index (χ1v) is 4.60. The lowest BCUT2D eigenvalue weighted by Gasteiger charge is -2.15. The molecule has 5 heteroatoms. The van der Waals surface area contributed by atoms with Gasteiger partial charge in [0.1, 0.15) is 0 Å². The third kappa shape index (κ3) is 3.76. The Bertz CT molecular complexity index is 325. The van der Waals surface area contributed by atoms with Gasteiger partial charge in [0.05, 0.1) is 6.54 Å². The molecule has 0 unspecified atom stereocenters. The Morgan fingerprint density at radius 2 is 2.27 bits per heavy atom. The van der Waals surface area contributed by atoms with E-state index in [1.807, 2.05) is 0 Å². The van der Waals surface area contributed by atoms with Crippen LogP contribution in [0.1, 0.15) is 0 Å². The molecule has 0 aliphatic heterocycles. The summed E-state index contributed by atoms with van der Waals surface area (Å²) in [6, 6.07) is 1.73. The lowest BCUT2D eigenvalue weighted by molar-refractivity contribution is -0.119. The number of hydrogen-bond donors (Lipinski definition) is 1. The summed E-state index contributed by atoms with van der Waals surface area (Å²) in [5, 5.41) is 2.68. The zero-order valence-electron chi connectivity index (χ0n) is 8.68. The lowest BCUT2D eigenvalue weighted by Crippen LogP contribution is -2.35. The molecule has 0 aliphatic rings. The number of carbonyl (C=O) groups excluding carboxylic acids is 1. The third-order valence-corrected chi connectivity index (χ3v) is 1.72. The Labute approximate surface area is 88.8 Å². The zero-order valence-corrected chi connectivity index (χ0v) is 8.68. The van der Waals surface area contributed by atoms with Crippen LogP contribution in [0.5, 0.6) is 0 Å². The van der Waals surface area contributed by atoms with Gasteiger partial charge in [-0.05, 0) is 6.07 Å². The number of likely N-dealkylation sites (N-methyl/N-ethyl adjacent to an activating group) is 1. The molecular weight excluding hydrogens is 192 g/mol. The van der Waals surface area contributed by atoms with E-state index in [1.165, 1.54) is 0 Å². The molecule has 0 saturated heterocycles. The lowest BCUT2D eigenvalue weighted by atomic mass is 10.5. The van der Waals surface area contributed by atoms with Gasteiger partial charge in [-0.15, -0.1) is 6.58 Å². The molecule has 1 aromatic heterocycles. The SMILES string of the molecule is C=CCNC(=O)CN(C)c1ncccn1. The van der Waals surface area contributed by atoms with Crippen LogP contribution in [0.15, 0.2) is 31.1 Å². The van der Waals surface area contributed by atoms with Crippen molar-refractivity contribution in [3.05, 3.63) is 31.1 Å². The molecule has 15 heavy (non-hydrogen) atoms. The van der Waals surface area contributed by atoms with Gasteiger partial charge in [0.2, 0.25) is 11.9 Å². The largest absolute Gasteiger partial charge is 0.351 e. The quantitative estimate of drug-likeness (QED) is 0.700. The molecule has 0 saturated carbocycles. The number of rotatable bonds is 5. The van der Waals surface area contributed by atoms with Crippen molar-refractivity contribution >= 4 is 11.9 Å². The highest BCUT2D eigenvalue weighted by Gasteiger charge is 2.07. The van der Waals surface area contributed by atoms with Gasteiger partial charge in [0, 0.05) is 26.0 Å². The molecule has 0 fully saturated rings. The maximum Gasteiger partial charge on any atom is 0.239 e. The highest BCUT2D eigenvalue weighted by molar-refractivity contribution is 5.80. The number of carbonyl (C=O) groups is 1. The number of hydrogen-bond acceptors (Lipinski definition) is 4. The van der Waals surface area contributed by atoms with E-state index in [2.05, 4.69) is 21.9 Å². The maximum atomic E-state index is 11.3. The normalized spacial score (nSPS) is 9.40. The Morgan fingerprint density at radius 1 is 1.60 bits per heavy atom. The first-order chi connectivity index (χ1) is 7.24. The predicted octanol–water partition coefficient (Wildman–Crippen LogP) is 0.215. The molecule has 1 heterocycles. The van der Waals surface area contributed by atoms with Crippen molar-refractivity contribution < 1.29 is 4.79 Å². The summed E-state index contributed by atoms with van der Waals surface area (Å²) >= 11 is 0. The minimum absolute atomic E-state index is 0.0788. The van der Waals surface area contributed by atoms with Crippen LogP contribution in [0.25, 0.3) is 0 Å². The van der Waals surface area contributed by atoms with Gasteiger partial charge in [-0.3, -0.25) is 4.79 Å². The summed E-state index contributed by atoms with van der Waals surface area (Å²) < 4.78 is 0. The Hall–Kier alpha value is -1.91. The first kappa shape index (κ1) is 11.2. The summed E-state index contributed by atoms with van der Waals surface area (Å²) in [4.78, 5) is 21.1. The van der Waals surface area contributed by atoms with Crippen molar-refractivity contribution in [3.63, 3.8) is 0 Å². The second kappa shape index (κ2) is 5.74. The van der Waals surface area contributed by atoms with Gasteiger partial charge in [-0.1, -0.05) is 6.08 Å². The molecule has 0 atom stereocenters. The average molecular weight is 206 g/mol. The van der Waals surface area contributed by atoms with Crippen LogP contribution in [-0.2, 0) is 4.79 Å². The fourth-order valence-corrected chi connectivity index (χ4v) is 1.02. The van der Waals surface area contributed by atoms with E-state index in [0.29, 0.717) is 12.5 Å². The average Bonchev–Trinajstić information content (AvgIpc) is 2.27. The number of amides is 1. The summed E-state index contributed by atoms with van der Waals surface area (Å²) in [7, 11) is 1.77. The minimum Gasteiger partial charge on any atom is -0.351 e. The van der Waals surface area contributed by atoms with Crippen molar-refractivity contribution in [2.45, 2.75) is 0 Å². The summed E-state index contributed by atoms with van der Waals surface area (Å²) in [6.45, 7) is 4.23. The number of aromatic nitrogens is 2.